The second-order valence-corrected chi connectivity index (χ2v) is 6.68. The third kappa shape index (κ3) is 3.96. The molecule has 6 heteroatoms. The van der Waals surface area contributed by atoms with Crippen LogP contribution in [0.25, 0.3) is 0 Å². The van der Waals surface area contributed by atoms with Gasteiger partial charge in [0.2, 0.25) is 0 Å². The molecule has 3 fully saturated rings. The van der Waals surface area contributed by atoms with Gasteiger partial charge in [-0.2, -0.15) is 0 Å². The first-order chi connectivity index (χ1) is 10.3. The Hall–Kier alpha value is -1.11. The predicted octanol–water partition coefficient (Wildman–Crippen LogP) is 0.803. The molecule has 2 N–H and O–H groups in total. The lowest BCUT2D eigenvalue weighted by Crippen LogP contribution is -2.63. The van der Waals surface area contributed by atoms with Crippen LogP contribution in [0.1, 0.15) is 11.8 Å². The number of hydrogen-bond acceptors (Lipinski definition) is 4. The minimum Gasteiger partial charge on any atom is -0.357 e. The quantitative estimate of drug-likeness (QED) is 0.624. The molecule has 0 radical (unpaired) electrons. The Kier molecular flexibility index (Phi) is 5.11. The minimum absolute atomic E-state index is 0.623. The molecule has 5 nitrogen and oxygen atoms in total. The van der Waals surface area contributed by atoms with Crippen molar-refractivity contribution in [3.63, 3.8) is 0 Å². The number of thiophene rings is 1. The van der Waals surface area contributed by atoms with E-state index in [1.54, 1.807) is 11.3 Å². The lowest BCUT2D eigenvalue weighted by Gasteiger charge is -2.47. The van der Waals surface area contributed by atoms with Gasteiger partial charge in [0.05, 0.1) is 6.54 Å². The van der Waals surface area contributed by atoms with E-state index in [9.17, 15) is 0 Å². The monoisotopic (exact) mass is 307 g/mol. The van der Waals surface area contributed by atoms with Crippen LogP contribution in [0.5, 0.6) is 0 Å². The molecule has 0 aromatic carbocycles. The first-order valence-corrected chi connectivity index (χ1v) is 8.74. The Morgan fingerprint density at radius 3 is 2.81 bits per heavy atom. The van der Waals surface area contributed by atoms with Gasteiger partial charge in [0, 0.05) is 56.7 Å². The fraction of sp³-hybridized carbons (Fsp3) is 0.667. The highest BCUT2D eigenvalue weighted by Gasteiger charge is 2.31. The van der Waals surface area contributed by atoms with Crippen LogP contribution in [0.2, 0.25) is 0 Å². The van der Waals surface area contributed by atoms with Gasteiger partial charge in [-0.1, -0.05) is 6.07 Å². The largest absolute Gasteiger partial charge is 0.357 e. The summed E-state index contributed by atoms with van der Waals surface area (Å²) in [6, 6.07) is 4.84. The normalized spacial score (nSPS) is 28.6. The first-order valence-electron chi connectivity index (χ1n) is 7.86. The molecule has 0 spiro atoms. The summed E-state index contributed by atoms with van der Waals surface area (Å²) in [5, 5.41) is 8.96. The van der Waals surface area contributed by atoms with Crippen LogP contribution in [-0.2, 0) is 6.54 Å². The van der Waals surface area contributed by atoms with E-state index in [0.717, 1.165) is 25.6 Å². The number of nitrogens with one attached hydrogen (secondary N) is 2. The average molecular weight is 307 g/mol. The fourth-order valence-corrected chi connectivity index (χ4v) is 3.66. The third-order valence-electron chi connectivity index (χ3n) is 4.21. The number of aliphatic imine (C=N–C) groups is 1. The molecule has 3 aliphatic heterocycles. The minimum atomic E-state index is 0.623. The zero-order chi connectivity index (χ0) is 14.5. The van der Waals surface area contributed by atoms with E-state index in [1.807, 2.05) is 0 Å². The molecule has 1 aromatic rings. The topological polar surface area (TPSA) is 42.9 Å². The molecule has 0 saturated carbocycles. The summed E-state index contributed by atoms with van der Waals surface area (Å²) in [6.45, 7) is 10.9. The van der Waals surface area contributed by atoms with Crippen molar-refractivity contribution in [2.24, 2.45) is 4.99 Å². The molecule has 21 heavy (non-hydrogen) atoms. The van der Waals surface area contributed by atoms with E-state index in [-0.39, 0.29) is 0 Å². The Morgan fingerprint density at radius 1 is 1.33 bits per heavy atom. The molecular weight excluding hydrogens is 282 g/mol. The lowest BCUT2D eigenvalue weighted by atomic mass is 10.1. The molecule has 3 saturated heterocycles. The van der Waals surface area contributed by atoms with Gasteiger partial charge in [-0.3, -0.25) is 9.80 Å². The summed E-state index contributed by atoms with van der Waals surface area (Å²) in [5.41, 5.74) is 0. The molecule has 3 aliphatic rings. The van der Waals surface area contributed by atoms with Crippen molar-refractivity contribution in [3.05, 3.63) is 22.4 Å². The first kappa shape index (κ1) is 14.8. The molecule has 4 heterocycles. The van der Waals surface area contributed by atoms with E-state index < -0.39 is 0 Å². The summed E-state index contributed by atoms with van der Waals surface area (Å²) >= 11 is 1.76. The Balaban J connectivity index is 1.51. The van der Waals surface area contributed by atoms with Gasteiger partial charge >= 0.3 is 0 Å². The van der Waals surface area contributed by atoms with Gasteiger partial charge in [0.15, 0.2) is 5.96 Å². The van der Waals surface area contributed by atoms with Crippen LogP contribution in [0.3, 0.4) is 0 Å². The highest BCUT2D eigenvalue weighted by atomic mass is 32.1. The fourth-order valence-electron chi connectivity index (χ4n) is 3.03. The van der Waals surface area contributed by atoms with E-state index in [2.05, 4.69) is 49.9 Å². The van der Waals surface area contributed by atoms with Crippen molar-refractivity contribution < 1.29 is 0 Å². The van der Waals surface area contributed by atoms with Gasteiger partial charge in [0.1, 0.15) is 0 Å². The Bertz CT molecular complexity index is 451. The maximum atomic E-state index is 4.68. The molecule has 0 amide bonds. The standard InChI is InChI=1S/C15H25N5S/c1-2-16-15(18-11-14-4-3-9-21-14)17-10-13-12-19-5-7-20(13)8-6-19/h3-4,9,13H,2,5-8,10-12H2,1H3,(H2,16,17,18). The molecular formula is C15H25N5S. The molecule has 2 bridgehead atoms. The van der Waals surface area contributed by atoms with Crippen LogP contribution in [-0.4, -0.2) is 67.6 Å². The van der Waals surface area contributed by atoms with Crippen LogP contribution in [0, 0.1) is 0 Å². The molecule has 1 aromatic heterocycles. The maximum Gasteiger partial charge on any atom is 0.191 e. The number of nitrogens with zero attached hydrogens (tertiary/aromatic N) is 3. The molecule has 1 unspecified atom stereocenters. The van der Waals surface area contributed by atoms with Gasteiger partial charge in [-0.05, 0) is 18.4 Å². The predicted molar refractivity (Wildman–Crippen MR) is 88.9 cm³/mol. The number of piperazine rings is 3. The summed E-state index contributed by atoms with van der Waals surface area (Å²) < 4.78 is 0. The van der Waals surface area contributed by atoms with Crippen molar-refractivity contribution in [2.45, 2.75) is 19.5 Å². The summed E-state index contributed by atoms with van der Waals surface area (Å²) in [7, 11) is 0. The highest BCUT2D eigenvalue weighted by molar-refractivity contribution is 7.09. The van der Waals surface area contributed by atoms with Crippen molar-refractivity contribution in [2.75, 3.05) is 45.8 Å². The maximum absolute atomic E-state index is 4.68. The smallest absolute Gasteiger partial charge is 0.191 e. The number of fused-ring (bicyclic) bond motifs is 3. The summed E-state index contributed by atoms with van der Waals surface area (Å²) in [4.78, 5) is 11.2. The molecule has 0 aliphatic carbocycles. The Labute approximate surface area is 131 Å². The SMILES string of the molecule is CCNC(=NCc1cccs1)NCC1CN2CCN1CC2. The second-order valence-electron chi connectivity index (χ2n) is 5.65. The van der Waals surface area contributed by atoms with Crippen LogP contribution in [0.15, 0.2) is 22.5 Å². The van der Waals surface area contributed by atoms with Gasteiger partial charge in [0.25, 0.3) is 0 Å². The van der Waals surface area contributed by atoms with E-state index in [1.165, 1.54) is 37.6 Å². The van der Waals surface area contributed by atoms with Crippen molar-refractivity contribution >= 4 is 17.3 Å². The van der Waals surface area contributed by atoms with Gasteiger partial charge in [-0.25, -0.2) is 4.99 Å². The van der Waals surface area contributed by atoms with Gasteiger partial charge in [-0.15, -0.1) is 11.3 Å². The lowest BCUT2D eigenvalue weighted by molar-refractivity contribution is 0.0154. The third-order valence-corrected chi connectivity index (χ3v) is 5.08. The number of guanidine groups is 1. The Morgan fingerprint density at radius 2 is 2.19 bits per heavy atom. The summed E-state index contributed by atoms with van der Waals surface area (Å²) in [6.07, 6.45) is 0. The van der Waals surface area contributed by atoms with E-state index >= 15 is 0 Å². The zero-order valence-electron chi connectivity index (χ0n) is 12.7. The second kappa shape index (κ2) is 7.24. The van der Waals surface area contributed by atoms with Crippen LogP contribution in [0.4, 0.5) is 0 Å². The number of rotatable bonds is 5. The molecule has 116 valence electrons. The molecule has 4 rings (SSSR count). The average Bonchev–Trinajstić information content (AvgIpc) is 3.05. The van der Waals surface area contributed by atoms with Crippen molar-refractivity contribution in [1.82, 2.24) is 20.4 Å². The van der Waals surface area contributed by atoms with Crippen LogP contribution >= 0.6 is 11.3 Å². The van der Waals surface area contributed by atoms with Crippen molar-refractivity contribution in [3.8, 4) is 0 Å². The zero-order valence-corrected chi connectivity index (χ0v) is 13.5. The summed E-state index contributed by atoms with van der Waals surface area (Å²) in [5.74, 6) is 0.934. The molecule has 1 atom stereocenters. The van der Waals surface area contributed by atoms with Gasteiger partial charge < -0.3 is 10.6 Å². The van der Waals surface area contributed by atoms with E-state index in [4.69, 9.17) is 0 Å². The highest BCUT2D eigenvalue weighted by Crippen LogP contribution is 2.14. The number of hydrogen-bond donors (Lipinski definition) is 2. The van der Waals surface area contributed by atoms with E-state index in [0.29, 0.717) is 6.04 Å². The van der Waals surface area contributed by atoms with Crippen LogP contribution < -0.4 is 10.6 Å². The van der Waals surface area contributed by atoms with Crippen molar-refractivity contribution in [1.29, 1.82) is 0 Å².